The van der Waals surface area contributed by atoms with Gasteiger partial charge < -0.3 is 4.52 Å². The molecule has 1 N–H and O–H groups in total. The van der Waals surface area contributed by atoms with Gasteiger partial charge in [-0.1, -0.05) is 18.5 Å². The summed E-state index contributed by atoms with van der Waals surface area (Å²) in [6.45, 7) is 3.37. The lowest BCUT2D eigenvalue weighted by Crippen LogP contribution is -2.57. The van der Waals surface area contributed by atoms with Crippen LogP contribution in [0.4, 0.5) is 4.79 Å². The lowest BCUT2D eigenvalue weighted by Gasteiger charge is -2.29. The van der Waals surface area contributed by atoms with E-state index in [-0.39, 0.29) is 12.4 Å². The smallest absolute Gasteiger partial charge is 0.331 e. The summed E-state index contributed by atoms with van der Waals surface area (Å²) in [5.74, 6) is -1.31. The molecule has 0 saturated carbocycles. The number of aryl methyl sites for hydroxylation is 1. The lowest BCUT2D eigenvalue weighted by molar-refractivity contribution is -0.143. The molecule has 2 rings (SSSR count). The summed E-state index contributed by atoms with van der Waals surface area (Å²) >= 11 is 0. The van der Waals surface area contributed by atoms with E-state index in [0.29, 0.717) is 18.7 Å². The molecule has 0 aliphatic carbocycles. The zero-order chi connectivity index (χ0) is 14.0. The number of barbiturate groups is 1. The molecule has 102 valence electrons. The van der Waals surface area contributed by atoms with Gasteiger partial charge in [-0.05, 0) is 6.42 Å². The Hall–Kier alpha value is -2.25. The van der Waals surface area contributed by atoms with Crippen molar-refractivity contribution < 1.29 is 18.9 Å². The average Bonchev–Trinajstić information content (AvgIpc) is 2.76. The molecular weight excluding hydrogens is 252 g/mol. The highest BCUT2D eigenvalue weighted by Crippen LogP contribution is 2.17. The van der Waals surface area contributed by atoms with Gasteiger partial charge in [-0.15, -0.1) is 0 Å². The third-order valence-electron chi connectivity index (χ3n) is 2.80. The van der Waals surface area contributed by atoms with Crippen molar-refractivity contribution in [2.45, 2.75) is 33.2 Å². The van der Waals surface area contributed by atoms with Gasteiger partial charge in [0, 0.05) is 6.92 Å². The standard InChI is InChI=1S/C11H14N4O4/c1-3-4-7-9(16)13-11(18)15(10(7)17)5-8-12-6(2)19-14-8/h7H,3-5H2,1-2H3,(H,13,16,18). The van der Waals surface area contributed by atoms with E-state index in [1.54, 1.807) is 6.92 Å². The van der Waals surface area contributed by atoms with Gasteiger partial charge in [-0.25, -0.2) is 4.79 Å². The van der Waals surface area contributed by atoms with Crippen molar-refractivity contribution in [1.29, 1.82) is 0 Å². The van der Waals surface area contributed by atoms with Crippen LogP contribution in [-0.2, 0) is 16.1 Å². The van der Waals surface area contributed by atoms with E-state index in [1.807, 2.05) is 6.92 Å². The van der Waals surface area contributed by atoms with E-state index in [1.165, 1.54) is 0 Å². The minimum Gasteiger partial charge on any atom is -0.340 e. The Labute approximate surface area is 109 Å². The van der Waals surface area contributed by atoms with E-state index in [2.05, 4.69) is 15.5 Å². The maximum Gasteiger partial charge on any atom is 0.331 e. The highest BCUT2D eigenvalue weighted by molar-refractivity contribution is 6.15. The Balaban J connectivity index is 2.16. The monoisotopic (exact) mass is 266 g/mol. The molecule has 1 aromatic heterocycles. The Morgan fingerprint density at radius 2 is 2.11 bits per heavy atom. The minimum atomic E-state index is -0.823. The highest BCUT2D eigenvalue weighted by Gasteiger charge is 2.40. The molecule has 1 unspecified atom stereocenters. The largest absolute Gasteiger partial charge is 0.340 e. The number of rotatable bonds is 4. The summed E-state index contributed by atoms with van der Waals surface area (Å²) in [4.78, 5) is 40.2. The van der Waals surface area contributed by atoms with Gasteiger partial charge in [-0.3, -0.25) is 19.8 Å². The predicted molar refractivity (Wildman–Crippen MR) is 61.5 cm³/mol. The molecule has 0 aromatic carbocycles. The fourth-order valence-electron chi connectivity index (χ4n) is 1.90. The van der Waals surface area contributed by atoms with Gasteiger partial charge in [0.15, 0.2) is 5.82 Å². The second-order valence-electron chi connectivity index (χ2n) is 4.29. The number of hydrogen-bond donors (Lipinski definition) is 1. The van der Waals surface area contributed by atoms with Crippen molar-refractivity contribution in [3.63, 3.8) is 0 Å². The van der Waals surface area contributed by atoms with E-state index in [9.17, 15) is 14.4 Å². The Kier molecular flexibility index (Phi) is 3.59. The SMILES string of the molecule is CCCC1C(=O)NC(=O)N(Cc2noc(C)n2)C1=O. The first-order valence-corrected chi connectivity index (χ1v) is 5.98. The normalized spacial score (nSPS) is 19.8. The van der Waals surface area contributed by atoms with E-state index >= 15 is 0 Å². The Morgan fingerprint density at radius 1 is 1.37 bits per heavy atom. The Morgan fingerprint density at radius 3 is 2.68 bits per heavy atom. The van der Waals surface area contributed by atoms with Crippen LogP contribution in [0.3, 0.4) is 0 Å². The molecule has 0 radical (unpaired) electrons. The first-order chi connectivity index (χ1) is 9.02. The first kappa shape index (κ1) is 13.2. The fourth-order valence-corrected chi connectivity index (χ4v) is 1.90. The molecule has 19 heavy (non-hydrogen) atoms. The maximum absolute atomic E-state index is 12.1. The number of nitrogens with one attached hydrogen (secondary N) is 1. The second-order valence-corrected chi connectivity index (χ2v) is 4.29. The molecule has 1 aliphatic rings. The summed E-state index contributed by atoms with van der Waals surface area (Å²) in [5, 5.41) is 5.79. The van der Waals surface area contributed by atoms with Gasteiger partial charge in [-0.2, -0.15) is 4.98 Å². The number of amides is 4. The van der Waals surface area contributed by atoms with Crippen LogP contribution in [0.25, 0.3) is 0 Å². The van der Waals surface area contributed by atoms with Crippen molar-refractivity contribution in [1.82, 2.24) is 20.4 Å². The van der Waals surface area contributed by atoms with Crippen LogP contribution < -0.4 is 5.32 Å². The number of carbonyl (C=O) groups is 3. The van der Waals surface area contributed by atoms with Crippen LogP contribution >= 0.6 is 0 Å². The molecule has 2 heterocycles. The van der Waals surface area contributed by atoms with Gasteiger partial charge in [0.1, 0.15) is 5.92 Å². The third-order valence-corrected chi connectivity index (χ3v) is 2.80. The number of carbonyl (C=O) groups excluding carboxylic acids is 3. The second kappa shape index (κ2) is 5.17. The number of nitrogens with zero attached hydrogens (tertiary/aromatic N) is 3. The quantitative estimate of drug-likeness (QED) is 0.789. The van der Waals surface area contributed by atoms with Crippen molar-refractivity contribution in [3.8, 4) is 0 Å². The first-order valence-electron chi connectivity index (χ1n) is 5.98. The highest BCUT2D eigenvalue weighted by atomic mass is 16.5. The number of urea groups is 1. The van der Waals surface area contributed by atoms with E-state index in [0.717, 1.165) is 4.90 Å². The van der Waals surface area contributed by atoms with Crippen LogP contribution in [0.2, 0.25) is 0 Å². The molecule has 1 fully saturated rings. The van der Waals surface area contributed by atoms with Gasteiger partial charge in [0.25, 0.3) is 0 Å². The van der Waals surface area contributed by atoms with E-state index in [4.69, 9.17) is 4.52 Å². The summed E-state index contributed by atoms with van der Waals surface area (Å²) in [6.07, 6.45) is 1.08. The van der Waals surface area contributed by atoms with Crippen LogP contribution in [0.1, 0.15) is 31.5 Å². The molecule has 1 aromatic rings. The van der Waals surface area contributed by atoms with Crippen LogP contribution in [0.5, 0.6) is 0 Å². The molecule has 1 aliphatic heterocycles. The molecular formula is C11H14N4O4. The number of imide groups is 2. The number of aromatic nitrogens is 2. The van der Waals surface area contributed by atoms with E-state index < -0.39 is 23.8 Å². The fraction of sp³-hybridized carbons (Fsp3) is 0.545. The predicted octanol–water partition coefficient (Wildman–Crippen LogP) is 0.373. The average molecular weight is 266 g/mol. The third kappa shape index (κ3) is 2.61. The topological polar surface area (TPSA) is 105 Å². The lowest BCUT2D eigenvalue weighted by atomic mass is 9.99. The zero-order valence-electron chi connectivity index (χ0n) is 10.7. The molecule has 0 spiro atoms. The number of hydrogen-bond acceptors (Lipinski definition) is 6. The molecule has 0 bridgehead atoms. The summed E-state index contributed by atoms with van der Waals surface area (Å²) in [5.41, 5.74) is 0. The van der Waals surface area contributed by atoms with Crippen LogP contribution in [0, 0.1) is 12.8 Å². The summed E-state index contributed by atoms with van der Waals surface area (Å²) < 4.78 is 4.77. The minimum absolute atomic E-state index is 0.102. The maximum atomic E-state index is 12.1. The summed E-state index contributed by atoms with van der Waals surface area (Å²) in [7, 11) is 0. The molecule has 1 saturated heterocycles. The van der Waals surface area contributed by atoms with Crippen LogP contribution in [-0.4, -0.2) is 32.9 Å². The molecule has 1 atom stereocenters. The van der Waals surface area contributed by atoms with Gasteiger partial charge in [0.2, 0.25) is 17.7 Å². The van der Waals surface area contributed by atoms with Crippen molar-refractivity contribution >= 4 is 17.8 Å². The van der Waals surface area contributed by atoms with Gasteiger partial charge in [0.05, 0.1) is 6.54 Å². The van der Waals surface area contributed by atoms with Crippen molar-refractivity contribution in [2.24, 2.45) is 5.92 Å². The molecule has 8 heteroatoms. The molecule has 8 nitrogen and oxygen atoms in total. The van der Waals surface area contributed by atoms with Crippen molar-refractivity contribution in [2.75, 3.05) is 0 Å². The zero-order valence-corrected chi connectivity index (χ0v) is 10.7. The molecule has 4 amide bonds. The van der Waals surface area contributed by atoms with Crippen LogP contribution in [0.15, 0.2) is 4.52 Å². The van der Waals surface area contributed by atoms with Gasteiger partial charge >= 0.3 is 6.03 Å². The van der Waals surface area contributed by atoms with Crippen molar-refractivity contribution in [3.05, 3.63) is 11.7 Å². The summed E-state index contributed by atoms with van der Waals surface area (Å²) in [6, 6.07) is -0.746. The Bertz CT molecular complexity index is 525.